The summed E-state index contributed by atoms with van der Waals surface area (Å²) in [5.41, 5.74) is 0.337. The number of furan rings is 1. The van der Waals surface area contributed by atoms with E-state index in [1.165, 1.54) is 24.7 Å². The summed E-state index contributed by atoms with van der Waals surface area (Å²) in [6.07, 6.45) is 2.80. The maximum Gasteiger partial charge on any atom is 0.433 e. The van der Waals surface area contributed by atoms with Gasteiger partial charge in [-0.2, -0.15) is 0 Å². The number of hydrogen-bond donors (Lipinski definition) is 0. The van der Waals surface area contributed by atoms with Crippen molar-refractivity contribution in [2.45, 2.75) is 0 Å². The molecule has 0 radical (unpaired) electrons. The Morgan fingerprint density at radius 3 is 2.89 bits per heavy atom. The molecule has 0 aliphatic carbocycles. The predicted molar refractivity (Wildman–Crippen MR) is 64.5 cm³/mol. The Bertz CT molecular complexity index is 788. The van der Waals surface area contributed by atoms with Crippen LogP contribution < -0.4 is 0 Å². The van der Waals surface area contributed by atoms with Crippen molar-refractivity contribution in [1.82, 2.24) is 19.9 Å². The number of aromatic nitrogens is 4. The van der Waals surface area contributed by atoms with Crippen molar-refractivity contribution in [2.75, 3.05) is 0 Å². The summed E-state index contributed by atoms with van der Waals surface area (Å²) in [5.74, 6) is -0.115. The average Bonchev–Trinajstić information content (AvgIpc) is 2.88. The van der Waals surface area contributed by atoms with Crippen molar-refractivity contribution in [2.24, 2.45) is 0 Å². The minimum absolute atomic E-state index is 0.129. The number of rotatable bonds is 2. The largest absolute Gasteiger partial charge is 0.433 e. The highest BCUT2D eigenvalue weighted by Gasteiger charge is 2.16. The molecule has 0 fully saturated rings. The molecular weight excluding hydrogens is 274 g/mol. The fourth-order valence-electron chi connectivity index (χ4n) is 1.49. The Morgan fingerprint density at radius 2 is 2.16 bits per heavy atom. The maximum absolute atomic E-state index is 10.5. The second kappa shape index (κ2) is 4.25. The molecule has 3 aromatic heterocycles. The zero-order chi connectivity index (χ0) is 13.4. The number of fused-ring (bicyclic) bond motifs is 1. The number of nitrogens with zero attached hydrogens (tertiary/aromatic N) is 5. The summed E-state index contributed by atoms with van der Waals surface area (Å²) in [7, 11) is 0. The summed E-state index contributed by atoms with van der Waals surface area (Å²) in [6, 6.07) is 2.62. The van der Waals surface area contributed by atoms with E-state index < -0.39 is 10.8 Å². The van der Waals surface area contributed by atoms with Crippen LogP contribution in [0.2, 0.25) is 5.15 Å². The molecule has 0 aromatic carbocycles. The lowest BCUT2D eigenvalue weighted by atomic mass is 10.3. The molecule has 0 amide bonds. The summed E-state index contributed by atoms with van der Waals surface area (Å²) in [5, 5.41) is 11.2. The van der Waals surface area contributed by atoms with Gasteiger partial charge in [0.15, 0.2) is 17.2 Å². The van der Waals surface area contributed by atoms with Crippen LogP contribution in [0.25, 0.3) is 22.6 Å². The molecular formula is C10H4ClN5O3. The maximum atomic E-state index is 10.5. The van der Waals surface area contributed by atoms with Crippen LogP contribution in [0, 0.1) is 10.1 Å². The summed E-state index contributed by atoms with van der Waals surface area (Å²) in [6.45, 7) is 0. The lowest BCUT2D eigenvalue weighted by Gasteiger charge is -2.00. The highest BCUT2D eigenvalue weighted by atomic mass is 35.5. The zero-order valence-corrected chi connectivity index (χ0v) is 9.90. The van der Waals surface area contributed by atoms with Gasteiger partial charge in [-0.05, 0) is 6.07 Å². The lowest BCUT2D eigenvalue weighted by Crippen LogP contribution is -1.93. The fraction of sp³-hybridized carbons (Fsp3) is 0. The molecule has 0 spiro atoms. The minimum Gasteiger partial charge on any atom is -0.397 e. The quantitative estimate of drug-likeness (QED) is 0.401. The number of nitro groups is 1. The first-order chi connectivity index (χ1) is 9.15. The Labute approximate surface area is 110 Å². The monoisotopic (exact) mass is 277 g/mol. The van der Waals surface area contributed by atoms with Gasteiger partial charge in [0.1, 0.15) is 16.4 Å². The SMILES string of the molecule is O=[N+]([O-])c1ccc(-c2nc(Cl)c3cncnc3n2)o1. The van der Waals surface area contributed by atoms with Crippen LogP contribution in [0.3, 0.4) is 0 Å². The van der Waals surface area contributed by atoms with E-state index in [-0.39, 0.29) is 16.7 Å². The first kappa shape index (κ1) is 11.5. The van der Waals surface area contributed by atoms with Crippen LogP contribution >= 0.6 is 11.6 Å². The van der Waals surface area contributed by atoms with Crippen LogP contribution in [-0.4, -0.2) is 24.9 Å². The second-order valence-corrected chi connectivity index (χ2v) is 3.85. The molecule has 0 saturated heterocycles. The first-order valence-electron chi connectivity index (χ1n) is 5.03. The van der Waals surface area contributed by atoms with Crippen molar-refractivity contribution in [1.29, 1.82) is 0 Å². The van der Waals surface area contributed by atoms with Gasteiger partial charge in [0.05, 0.1) is 11.5 Å². The molecule has 0 aliphatic heterocycles. The van der Waals surface area contributed by atoms with E-state index in [2.05, 4.69) is 19.9 Å². The van der Waals surface area contributed by atoms with Gasteiger partial charge in [0, 0.05) is 6.20 Å². The van der Waals surface area contributed by atoms with Crippen molar-refractivity contribution in [3.05, 3.63) is 39.9 Å². The van der Waals surface area contributed by atoms with Gasteiger partial charge in [-0.15, -0.1) is 0 Å². The van der Waals surface area contributed by atoms with Gasteiger partial charge >= 0.3 is 5.88 Å². The topological polar surface area (TPSA) is 108 Å². The van der Waals surface area contributed by atoms with Crippen LogP contribution in [-0.2, 0) is 0 Å². The van der Waals surface area contributed by atoms with Crippen LogP contribution in [0.1, 0.15) is 0 Å². The Kier molecular flexibility index (Phi) is 2.57. The van der Waals surface area contributed by atoms with E-state index >= 15 is 0 Å². The van der Waals surface area contributed by atoms with Crippen LogP contribution in [0.4, 0.5) is 5.88 Å². The molecule has 8 nitrogen and oxygen atoms in total. The highest BCUT2D eigenvalue weighted by molar-refractivity contribution is 6.33. The third-order valence-corrected chi connectivity index (χ3v) is 2.61. The van der Waals surface area contributed by atoms with Gasteiger partial charge in [-0.3, -0.25) is 10.1 Å². The first-order valence-corrected chi connectivity index (χ1v) is 5.41. The van der Waals surface area contributed by atoms with Crippen LogP contribution in [0.5, 0.6) is 0 Å². The van der Waals surface area contributed by atoms with E-state index in [4.69, 9.17) is 16.0 Å². The van der Waals surface area contributed by atoms with Gasteiger partial charge in [-0.25, -0.2) is 19.9 Å². The Hall–Kier alpha value is -2.61. The molecule has 19 heavy (non-hydrogen) atoms. The van der Waals surface area contributed by atoms with Crippen molar-refractivity contribution in [3.63, 3.8) is 0 Å². The molecule has 3 heterocycles. The van der Waals surface area contributed by atoms with Crippen molar-refractivity contribution in [3.8, 4) is 11.6 Å². The van der Waals surface area contributed by atoms with Gasteiger partial charge < -0.3 is 4.42 Å². The highest BCUT2D eigenvalue weighted by Crippen LogP contribution is 2.26. The third kappa shape index (κ3) is 1.97. The predicted octanol–water partition coefficient (Wildman–Crippen LogP) is 2.24. The minimum atomic E-state index is -0.645. The lowest BCUT2D eigenvalue weighted by molar-refractivity contribution is -0.401. The molecule has 3 rings (SSSR count). The molecule has 0 N–H and O–H groups in total. The summed E-state index contributed by atoms with van der Waals surface area (Å²) < 4.78 is 5.01. The summed E-state index contributed by atoms with van der Waals surface area (Å²) >= 11 is 5.97. The standard InChI is InChI=1S/C10H4ClN5O3/c11-8-5-3-12-4-13-9(5)15-10(14-8)6-1-2-7(19-6)16(17)18/h1-4H. The molecule has 0 unspecified atom stereocenters. The van der Waals surface area contributed by atoms with E-state index in [0.717, 1.165) is 0 Å². The Morgan fingerprint density at radius 1 is 1.32 bits per heavy atom. The van der Waals surface area contributed by atoms with E-state index in [1.807, 2.05) is 0 Å². The molecule has 9 heteroatoms. The Balaban J connectivity index is 2.16. The molecule has 0 bridgehead atoms. The van der Waals surface area contributed by atoms with Crippen LogP contribution in [0.15, 0.2) is 29.1 Å². The van der Waals surface area contributed by atoms with E-state index in [9.17, 15) is 10.1 Å². The van der Waals surface area contributed by atoms with Gasteiger partial charge in [-0.1, -0.05) is 11.6 Å². The molecule has 94 valence electrons. The van der Waals surface area contributed by atoms with E-state index in [0.29, 0.717) is 11.0 Å². The zero-order valence-electron chi connectivity index (χ0n) is 9.15. The second-order valence-electron chi connectivity index (χ2n) is 3.49. The number of hydrogen-bond acceptors (Lipinski definition) is 7. The van der Waals surface area contributed by atoms with E-state index in [1.54, 1.807) is 0 Å². The van der Waals surface area contributed by atoms with Crippen molar-refractivity contribution >= 4 is 28.5 Å². The number of halogens is 1. The normalized spacial score (nSPS) is 10.8. The molecule has 0 saturated carbocycles. The van der Waals surface area contributed by atoms with Gasteiger partial charge in [0.2, 0.25) is 0 Å². The molecule has 0 atom stereocenters. The smallest absolute Gasteiger partial charge is 0.397 e. The third-order valence-electron chi connectivity index (χ3n) is 2.32. The average molecular weight is 278 g/mol. The summed E-state index contributed by atoms with van der Waals surface area (Å²) in [4.78, 5) is 25.8. The van der Waals surface area contributed by atoms with Crippen molar-refractivity contribution < 1.29 is 9.34 Å². The molecule has 0 aliphatic rings. The molecule has 3 aromatic rings. The fourth-order valence-corrected chi connectivity index (χ4v) is 1.71. The van der Waals surface area contributed by atoms with Gasteiger partial charge in [0.25, 0.3) is 0 Å².